The van der Waals surface area contributed by atoms with E-state index in [2.05, 4.69) is 27.6 Å². The Morgan fingerprint density at radius 1 is 1.03 bits per heavy atom. The molecule has 7 heteroatoms. The first-order valence-corrected chi connectivity index (χ1v) is 14.0. The molecule has 3 aromatic carbocycles. The number of nitrogens with one attached hydrogen (secondary N) is 2. The smallest absolute Gasteiger partial charge is 0.241 e. The van der Waals surface area contributed by atoms with Crippen LogP contribution in [0.5, 0.6) is 0 Å². The lowest BCUT2D eigenvalue weighted by molar-refractivity contribution is 0.295. The zero-order valence-corrected chi connectivity index (χ0v) is 21.4. The minimum Gasteiger partial charge on any atom is -0.358 e. The largest absolute Gasteiger partial charge is 0.358 e. The van der Waals surface area contributed by atoms with Gasteiger partial charge in [0, 0.05) is 52.2 Å². The molecule has 0 unspecified atom stereocenters. The molecule has 1 aliphatic heterocycles. The molecule has 5 nitrogen and oxygen atoms in total. The van der Waals surface area contributed by atoms with Crippen LogP contribution in [-0.4, -0.2) is 44.5 Å². The average molecular weight is 508 g/mol. The fourth-order valence-corrected chi connectivity index (χ4v) is 6.50. The van der Waals surface area contributed by atoms with Crippen LogP contribution in [-0.2, 0) is 10.0 Å². The summed E-state index contributed by atoms with van der Waals surface area (Å²) in [4.78, 5) is 6.25. The van der Waals surface area contributed by atoms with E-state index in [0.717, 1.165) is 60.2 Å². The fourth-order valence-electron chi connectivity index (χ4n) is 5.03. The predicted octanol–water partition coefficient (Wildman–Crippen LogP) is 6.13. The highest BCUT2D eigenvalue weighted by atomic mass is 35.5. The number of rotatable bonds is 8. The van der Waals surface area contributed by atoms with E-state index in [4.69, 9.17) is 11.6 Å². The highest BCUT2D eigenvalue weighted by Crippen LogP contribution is 2.33. The van der Waals surface area contributed by atoms with Crippen LogP contribution in [0.25, 0.3) is 27.2 Å². The first kappa shape index (κ1) is 24.1. The van der Waals surface area contributed by atoms with Crippen molar-refractivity contribution in [2.75, 3.05) is 26.2 Å². The van der Waals surface area contributed by atoms with E-state index >= 15 is 0 Å². The molecule has 35 heavy (non-hydrogen) atoms. The van der Waals surface area contributed by atoms with Crippen LogP contribution in [0, 0.1) is 6.92 Å². The van der Waals surface area contributed by atoms with Crippen LogP contribution in [0.2, 0.25) is 5.02 Å². The number of aromatic amines is 1. The lowest BCUT2D eigenvalue weighted by atomic mass is 9.96. The average Bonchev–Trinajstić information content (AvgIpc) is 3.18. The Balaban J connectivity index is 1.14. The molecule has 0 spiro atoms. The SMILES string of the molecule is Cc1[nH]c2ccc(Cl)cc2c1C1=CCN(CCCCNS(=O)(=O)c2cccc3ccccc23)CC1. The van der Waals surface area contributed by atoms with Crippen LogP contribution in [0.4, 0.5) is 0 Å². The Bertz CT molecular complexity index is 1500. The molecule has 0 amide bonds. The Kier molecular flexibility index (Phi) is 6.98. The third-order valence-electron chi connectivity index (χ3n) is 6.79. The van der Waals surface area contributed by atoms with Gasteiger partial charge < -0.3 is 4.98 Å². The van der Waals surface area contributed by atoms with E-state index in [-0.39, 0.29) is 0 Å². The summed E-state index contributed by atoms with van der Waals surface area (Å²) in [7, 11) is -3.54. The maximum absolute atomic E-state index is 12.9. The lowest BCUT2D eigenvalue weighted by Gasteiger charge is -2.26. The molecule has 0 radical (unpaired) electrons. The first-order valence-electron chi connectivity index (χ1n) is 12.1. The summed E-state index contributed by atoms with van der Waals surface area (Å²) in [6.07, 6.45) is 5.07. The second-order valence-corrected chi connectivity index (χ2v) is 11.3. The van der Waals surface area contributed by atoms with Gasteiger partial charge in [-0.2, -0.15) is 0 Å². The molecule has 0 saturated heterocycles. The third-order valence-corrected chi connectivity index (χ3v) is 8.55. The van der Waals surface area contributed by atoms with E-state index in [1.807, 2.05) is 48.5 Å². The van der Waals surface area contributed by atoms with Crippen molar-refractivity contribution in [1.29, 1.82) is 0 Å². The molecule has 1 aromatic heterocycles. The number of sulfonamides is 1. The van der Waals surface area contributed by atoms with E-state index < -0.39 is 10.0 Å². The monoisotopic (exact) mass is 507 g/mol. The summed E-state index contributed by atoms with van der Waals surface area (Å²) in [5, 5.41) is 3.63. The van der Waals surface area contributed by atoms with Gasteiger partial charge in [0.2, 0.25) is 10.0 Å². The lowest BCUT2D eigenvalue weighted by Crippen LogP contribution is -2.30. The van der Waals surface area contributed by atoms with E-state index in [0.29, 0.717) is 11.4 Å². The number of halogens is 1. The first-order chi connectivity index (χ1) is 16.9. The molecule has 2 heterocycles. The molecule has 5 rings (SSSR count). The van der Waals surface area contributed by atoms with Crippen molar-refractivity contribution in [3.05, 3.63) is 83.0 Å². The van der Waals surface area contributed by atoms with Gasteiger partial charge in [-0.25, -0.2) is 13.1 Å². The van der Waals surface area contributed by atoms with E-state index in [1.165, 1.54) is 22.2 Å². The van der Waals surface area contributed by atoms with Crippen LogP contribution in [0.3, 0.4) is 0 Å². The van der Waals surface area contributed by atoms with Crippen LogP contribution >= 0.6 is 11.6 Å². The molecule has 0 bridgehead atoms. The van der Waals surface area contributed by atoms with Crippen LogP contribution < -0.4 is 4.72 Å². The van der Waals surface area contributed by atoms with Crippen LogP contribution in [0.15, 0.2) is 71.6 Å². The van der Waals surface area contributed by atoms with Crippen molar-refractivity contribution < 1.29 is 8.42 Å². The maximum Gasteiger partial charge on any atom is 0.241 e. The Morgan fingerprint density at radius 3 is 2.69 bits per heavy atom. The molecule has 4 aromatic rings. The zero-order chi connectivity index (χ0) is 24.4. The van der Waals surface area contributed by atoms with Crippen molar-refractivity contribution in [3.8, 4) is 0 Å². The topological polar surface area (TPSA) is 65.2 Å². The number of fused-ring (bicyclic) bond motifs is 2. The molecule has 0 saturated carbocycles. The standard InChI is InChI=1S/C28H30ClN3O2S/c1-20-28(25-19-23(29)11-12-26(25)31-20)22-13-17-32(18-14-22)16-5-4-15-30-35(33,34)27-10-6-8-21-7-2-3-9-24(21)27/h2-3,6-13,19,30-31H,4-5,14-18H2,1H3. The van der Waals surface area contributed by atoms with E-state index in [1.54, 1.807) is 12.1 Å². The summed E-state index contributed by atoms with van der Waals surface area (Å²) >= 11 is 6.25. The molecule has 182 valence electrons. The van der Waals surface area contributed by atoms with Gasteiger partial charge in [0.25, 0.3) is 0 Å². The number of hydrogen-bond acceptors (Lipinski definition) is 3. The van der Waals surface area contributed by atoms with Crippen molar-refractivity contribution >= 4 is 48.9 Å². The molecular formula is C28H30ClN3O2S. The summed E-state index contributed by atoms with van der Waals surface area (Å²) in [5.74, 6) is 0. The molecule has 2 N–H and O–H groups in total. The Labute approximate surface area is 211 Å². The van der Waals surface area contributed by atoms with Gasteiger partial charge in [-0.15, -0.1) is 0 Å². The number of benzene rings is 3. The number of unbranched alkanes of at least 4 members (excludes halogenated alkanes) is 1. The molecule has 1 aliphatic rings. The number of H-pyrrole nitrogens is 1. The third kappa shape index (κ3) is 5.16. The minimum absolute atomic E-state index is 0.346. The van der Waals surface area contributed by atoms with E-state index in [9.17, 15) is 8.42 Å². The van der Waals surface area contributed by atoms with Crippen molar-refractivity contribution in [2.24, 2.45) is 0 Å². The van der Waals surface area contributed by atoms with Gasteiger partial charge in [-0.3, -0.25) is 4.90 Å². The maximum atomic E-state index is 12.9. The van der Waals surface area contributed by atoms with Gasteiger partial charge in [0.15, 0.2) is 0 Å². The summed E-state index contributed by atoms with van der Waals surface area (Å²) in [6, 6.07) is 19.0. The number of hydrogen-bond donors (Lipinski definition) is 2. The number of nitrogens with zero attached hydrogens (tertiary/aromatic N) is 1. The zero-order valence-electron chi connectivity index (χ0n) is 19.9. The van der Waals surface area contributed by atoms with Gasteiger partial charge in [-0.05, 0) is 68.0 Å². The molecule has 0 fully saturated rings. The summed E-state index contributed by atoms with van der Waals surface area (Å²) < 4.78 is 28.5. The molecular weight excluding hydrogens is 478 g/mol. The summed E-state index contributed by atoms with van der Waals surface area (Å²) in [5.41, 5.74) is 4.96. The molecule has 0 aliphatic carbocycles. The van der Waals surface area contributed by atoms with Gasteiger partial charge in [0.1, 0.15) is 0 Å². The quantitative estimate of drug-likeness (QED) is 0.282. The van der Waals surface area contributed by atoms with Crippen LogP contribution in [0.1, 0.15) is 30.5 Å². The Morgan fingerprint density at radius 2 is 1.86 bits per heavy atom. The Hall–Kier alpha value is -2.64. The normalized spacial score (nSPS) is 15.1. The number of aromatic nitrogens is 1. The van der Waals surface area contributed by atoms with Gasteiger partial charge in [0.05, 0.1) is 4.90 Å². The van der Waals surface area contributed by atoms with Crippen molar-refractivity contribution in [2.45, 2.75) is 31.1 Å². The second kappa shape index (κ2) is 10.2. The second-order valence-electron chi connectivity index (χ2n) is 9.18. The van der Waals surface area contributed by atoms with Crippen molar-refractivity contribution in [3.63, 3.8) is 0 Å². The number of aryl methyl sites for hydroxylation is 1. The predicted molar refractivity (Wildman–Crippen MR) is 145 cm³/mol. The minimum atomic E-state index is -3.54. The fraction of sp³-hybridized carbons (Fsp3) is 0.286. The summed E-state index contributed by atoms with van der Waals surface area (Å²) in [6.45, 7) is 5.42. The van der Waals surface area contributed by atoms with Crippen molar-refractivity contribution in [1.82, 2.24) is 14.6 Å². The van der Waals surface area contributed by atoms with Gasteiger partial charge >= 0.3 is 0 Å². The molecule has 0 atom stereocenters. The highest BCUT2D eigenvalue weighted by Gasteiger charge is 2.19. The van der Waals surface area contributed by atoms with Gasteiger partial charge in [-0.1, -0.05) is 54.1 Å². The highest BCUT2D eigenvalue weighted by molar-refractivity contribution is 7.89.